The minimum atomic E-state index is -0.128. The van der Waals surface area contributed by atoms with E-state index in [1.807, 2.05) is 23.4 Å². The molecular formula is C16H22N2O2S. The topological polar surface area (TPSA) is 43.8 Å². The summed E-state index contributed by atoms with van der Waals surface area (Å²) in [5, 5.41) is 10.6. The van der Waals surface area contributed by atoms with Crippen molar-refractivity contribution in [2.75, 3.05) is 26.7 Å². The molecule has 0 bridgehead atoms. The third-order valence-electron chi connectivity index (χ3n) is 3.74. The number of aliphatic hydroxyl groups is 1. The molecule has 0 atom stereocenters. The van der Waals surface area contributed by atoms with E-state index in [0.29, 0.717) is 6.54 Å². The van der Waals surface area contributed by atoms with Crippen molar-refractivity contribution < 1.29 is 9.90 Å². The molecule has 0 saturated carbocycles. The fourth-order valence-electron chi connectivity index (χ4n) is 2.41. The lowest BCUT2D eigenvalue weighted by molar-refractivity contribution is 0.141. The summed E-state index contributed by atoms with van der Waals surface area (Å²) in [7, 11) is 1.85. The summed E-state index contributed by atoms with van der Waals surface area (Å²) < 4.78 is 0. The second-order valence-electron chi connectivity index (χ2n) is 5.57. The Morgan fingerprint density at radius 2 is 2.24 bits per heavy atom. The number of thiophene rings is 1. The number of carbonyl (C=O) groups is 1. The molecule has 4 nitrogen and oxygen atoms in total. The van der Waals surface area contributed by atoms with Crippen molar-refractivity contribution in [1.82, 2.24) is 9.80 Å². The van der Waals surface area contributed by atoms with Crippen LogP contribution in [0.1, 0.15) is 30.2 Å². The van der Waals surface area contributed by atoms with Crippen LogP contribution in [0.2, 0.25) is 0 Å². The first-order valence-electron chi connectivity index (χ1n) is 7.27. The van der Waals surface area contributed by atoms with E-state index in [4.69, 9.17) is 5.11 Å². The highest BCUT2D eigenvalue weighted by atomic mass is 32.1. The molecule has 1 aromatic rings. The van der Waals surface area contributed by atoms with Crippen LogP contribution in [0.4, 0.5) is 4.79 Å². The van der Waals surface area contributed by atoms with E-state index in [1.54, 1.807) is 16.2 Å². The first-order chi connectivity index (χ1) is 10.1. The Morgan fingerprint density at radius 1 is 1.52 bits per heavy atom. The molecule has 1 aliphatic heterocycles. The van der Waals surface area contributed by atoms with E-state index < -0.39 is 0 Å². The molecule has 1 saturated heterocycles. The molecule has 0 aromatic carbocycles. The number of amides is 2. The number of rotatable bonds is 2. The van der Waals surface area contributed by atoms with Crippen LogP contribution < -0.4 is 0 Å². The molecule has 5 heteroatoms. The predicted molar refractivity (Wildman–Crippen MR) is 85.1 cm³/mol. The normalized spacial score (nSPS) is 15.5. The monoisotopic (exact) mass is 306 g/mol. The SMILES string of the molecule is CC1CCN(C(=O)N(C)Cc2cc(C#CCO)cs2)CC1. The molecule has 2 heterocycles. The maximum Gasteiger partial charge on any atom is 0.320 e. The van der Waals surface area contributed by atoms with Gasteiger partial charge in [0.25, 0.3) is 0 Å². The molecule has 0 aliphatic carbocycles. The number of nitrogens with zero attached hydrogens (tertiary/aromatic N) is 2. The van der Waals surface area contributed by atoms with Crippen LogP contribution in [-0.2, 0) is 6.54 Å². The van der Waals surface area contributed by atoms with Gasteiger partial charge in [0.1, 0.15) is 6.61 Å². The smallest absolute Gasteiger partial charge is 0.320 e. The molecule has 0 unspecified atom stereocenters. The minimum absolute atomic E-state index is 0.110. The highest BCUT2D eigenvalue weighted by Gasteiger charge is 2.23. The van der Waals surface area contributed by atoms with E-state index in [9.17, 15) is 4.79 Å². The van der Waals surface area contributed by atoms with Crippen molar-refractivity contribution in [2.45, 2.75) is 26.3 Å². The molecule has 2 rings (SSSR count). The van der Waals surface area contributed by atoms with E-state index in [0.717, 1.165) is 42.3 Å². The van der Waals surface area contributed by atoms with E-state index >= 15 is 0 Å². The van der Waals surface area contributed by atoms with Crippen LogP contribution >= 0.6 is 11.3 Å². The van der Waals surface area contributed by atoms with E-state index in [-0.39, 0.29) is 12.6 Å². The second-order valence-corrected chi connectivity index (χ2v) is 6.57. The highest BCUT2D eigenvalue weighted by Crippen LogP contribution is 2.19. The zero-order valence-electron chi connectivity index (χ0n) is 12.6. The standard InChI is InChI=1S/C16H22N2O2S/c1-13-5-7-18(8-6-13)16(20)17(2)11-15-10-14(12-21-15)4-3-9-19/h10,12-13,19H,5-9,11H2,1-2H3. The Balaban J connectivity index is 1.89. The van der Waals surface area contributed by atoms with Crippen molar-refractivity contribution >= 4 is 17.4 Å². The number of carbonyl (C=O) groups excluding carboxylic acids is 1. The molecule has 1 N–H and O–H groups in total. The summed E-state index contributed by atoms with van der Waals surface area (Å²) in [5.74, 6) is 6.24. The Kier molecular flexibility index (Phi) is 5.66. The van der Waals surface area contributed by atoms with Gasteiger partial charge >= 0.3 is 6.03 Å². The van der Waals surface area contributed by atoms with E-state index in [2.05, 4.69) is 18.8 Å². The largest absolute Gasteiger partial charge is 0.384 e. The minimum Gasteiger partial charge on any atom is -0.384 e. The van der Waals surface area contributed by atoms with E-state index in [1.165, 1.54) is 0 Å². The highest BCUT2D eigenvalue weighted by molar-refractivity contribution is 7.10. The fraction of sp³-hybridized carbons (Fsp3) is 0.562. The summed E-state index contributed by atoms with van der Waals surface area (Å²) in [6, 6.07) is 2.09. The molecule has 1 aliphatic rings. The van der Waals surface area contributed by atoms with Crippen LogP contribution in [0, 0.1) is 17.8 Å². The van der Waals surface area contributed by atoms with Gasteiger partial charge in [-0.3, -0.25) is 0 Å². The number of hydrogen-bond acceptors (Lipinski definition) is 3. The van der Waals surface area contributed by atoms with Gasteiger partial charge in [-0.1, -0.05) is 18.8 Å². The number of aliphatic hydroxyl groups excluding tert-OH is 1. The van der Waals surface area contributed by atoms with Gasteiger partial charge in [-0.25, -0.2) is 4.79 Å². The first-order valence-corrected chi connectivity index (χ1v) is 8.15. The quantitative estimate of drug-likeness (QED) is 0.853. The van der Waals surface area contributed by atoms with Gasteiger partial charge in [0.05, 0.1) is 6.54 Å². The van der Waals surface area contributed by atoms with Gasteiger partial charge in [0.15, 0.2) is 0 Å². The molecular weight excluding hydrogens is 284 g/mol. The van der Waals surface area contributed by atoms with Crippen LogP contribution in [0.15, 0.2) is 11.4 Å². The molecule has 0 radical (unpaired) electrons. The van der Waals surface area contributed by atoms with Crippen LogP contribution in [0.25, 0.3) is 0 Å². The van der Waals surface area contributed by atoms with Crippen LogP contribution in [-0.4, -0.2) is 47.7 Å². The van der Waals surface area contributed by atoms with Gasteiger partial charge < -0.3 is 14.9 Å². The summed E-state index contributed by atoms with van der Waals surface area (Å²) in [6.45, 7) is 4.45. The molecule has 0 spiro atoms. The van der Waals surface area contributed by atoms with Gasteiger partial charge in [0.2, 0.25) is 0 Å². The zero-order valence-corrected chi connectivity index (χ0v) is 13.4. The third-order valence-corrected chi connectivity index (χ3v) is 4.66. The van der Waals surface area contributed by atoms with Gasteiger partial charge in [-0.05, 0) is 24.8 Å². The summed E-state index contributed by atoms with van der Waals surface area (Å²) in [6.07, 6.45) is 2.19. The number of urea groups is 1. The van der Waals surface area contributed by atoms with Crippen molar-refractivity contribution in [3.8, 4) is 11.8 Å². The molecule has 1 fully saturated rings. The lowest BCUT2D eigenvalue weighted by Gasteiger charge is -2.33. The molecule has 114 valence electrons. The Hall–Kier alpha value is -1.51. The first kappa shape index (κ1) is 15.9. The number of piperidine rings is 1. The lowest BCUT2D eigenvalue weighted by atomic mass is 10.00. The average Bonchev–Trinajstić information content (AvgIpc) is 2.92. The summed E-state index contributed by atoms with van der Waals surface area (Å²) in [5.41, 5.74) is 0.900. The van der Waals surface area contributed by atoms with Crippen molar-refractivity contribution in [3.05, 3.63) is 21.9 Å². The lowest BCUT2D eigenvalue weighted by Crippen LogP contribution is -2.44. The second kappa shape index (κ2) is 7.48. The van der Waals surface area contributed by atoms with Gasteiger partial charge in [0, 0.05) is 36.0 Å². The van der Waals surface area contributed by atoms with Gasteiger partial charge in [-0.15, -0.1) is 11.3 Å². The average molecular weight is 306 g/mol. The zero-order chi connectivity index (χ0) is 15.2. The maximum atomic E-state index is 12.4. The van der Waals surface area contributed by atoms with Crippen molar-refractivity contribution in [3.63, 3.8) is 0 Å². The maximum absolute atomic E-state index is 12.4. The molecule has 1 aromatic heterocycles. The van der Waals surface area contributed by atoms with Crippen molar-refractivity contribution in [2.24, 2.45) is 5.92 Å². The molecule has 21 heavy (non-hydrogen) atoms. The Bertz CT molecular complexity index is 536. The van der Waals surface area contributed by atoms with Crippen LogP contribution in [0.5, 0.6) is 0 Å². The predicted octanol–water partition coefficient (Wildman–Crippen LogP) is 2.38. The Labute approximate surface area is 130 Å². The molecule has 2 amide bonds. The fourth-order valence-corrected chi connectivity index (χ4v) is 3.28. The number of hydrogen-bond donors (Lipinski definition) is 1. The van der Waals surface area contributed by atoms with Gasteiger partial charge in [-0.2, -0.15) is 0 Å². The third kappa shape index (κ3) is 4.48. The summed E-state index contributed by atoms with van der Waals surface area (Å²) in [4.78, 5) is 17.2. The number of likely N-dealkylation sites (tertiary alicyclic amines) is 1. The van der Waals surface area contributed by atoms with Crippen LogP contribution in [0.3, 0.4) is 0 Å². The Morgan fingerprint density at radius 3 is 2.90 bits per heavy atom. The van der Waals surface area contributed by atoms with Crippen molar-refractivity contribution in [1.29, 1.82) is 0 Å². The summed E-state index contributed by atoms with van der Waals surface area (Å²) >= 11 is 1.60.